The zero-order valence-corrected chi connectivity index (χ0v) is 12.0. The molecule has 0 aromatic heterocycles. The molecule has 1 fully saturated rings. The first-order valence-corrected chi connectivity index (χ1v) is 6.46. The molecule has 0 aromatic rings. The number of esters is 1. The van der Waals surface area contributed by atoms with Gasteiger partial charge in [0.1, 0.15) is 5.60 Å². The van der Waals surface area contributed by atoms with Crippen LogP contribution in [-0.4, -0.2) is 35.7 Å². The molecule has 106 valence electrons. The Bertz CT molecular complexity index is 414. The Morgan fingerprint density at radius 2 is 2.11 bits per heavy atom. The normalized spacial score (nSPS) is 14.9. The van der Waals surface area contributed by atoms with Gasteiger partial charge in [0.05, 0.1) is 18.4 Å². The molecule has 1 heterocycles. The second-order valence-electron chi connectivity index (χ2n) is 5.22. The Kier molecular flexibility index (Phi) is 5.19. The van der Waals surface area contributed by atoms with E-state index in [1.165, 1.54) is 11.0 Å². The molecule has 0 atom stereocenters. The van der Waals surface area contributed by atoms with Crippen LogP contribution in [0.5, 0.6) is 0 Å². The maximum absolute atomic E-state index is 12.0. The summed E-state index contributed by atoms with van der Waals surface area (Å²) in [6.07, 6.45) is 2.37. The predicted octanol–water partition coefficient (Wildman–Crippen LogP) is 2.62. The molecule has 0 N–H and O–H groups in total. The Hall–Kier alpha value is -1.74. The highest BCUT2D eigenvalue weighted by Crippen LogP contribution is 2.22. The van der Waals surface area contributed by atoms with Gasteiger partial charge in [0, 0.05) is 6.54 Å². The summed E-state index contributed by atoms with van der Waals surface area (Å²) in [7, 11) is 0. The summed E-state index contributed by atoms with van der Waals surface area (Å²) in [5.41, 5.74) is 2.96. The van der Waals surface area contributed by atoms with E-state index in [4.69, 9.17) is 9.47 Å². The van der Waals surface area contributed by atoms with Crippen LogP contribution in [0.25, 0.3) is 0 Å². The molecule has 0 spiro atoms. The minimum absolute atomic E-state index is 0.322. The molecular weight excluding hydrogens is 246 g/mol. The standard InChI is InChI=1S/C14H21NO4/c1-5-18-12(16)9-8-11-7-6-10-15(11)13(17)19-14(2,3)4/h9H,5-7,10H2,1-4H3. The fourth-order valence-corrected chi connectivity index (χ4v) is 1.67. The highest BCUT2D eigenvalue weighted by molar-refractivity contribution is 5.82. The molecule has 0 saturated carbocycles. The molecule has 1 amide bonds. The number of carbonyl (C=O) groups excluding carboxylic acids is 2. The quantitative estimate of drug-likeness (QED) is 0.438. The fraction of sp³-hybridized carbons (Fsp3) is 0.643. The van der Waals surface area contributed by atoms with Crippen molar-refractivity contribution in [3.8, 4) is 0 Å². The van der Waals surface area contributed by atoms with E-state index < -0.39 is 17.7 Å². The van der Waals surface area contributed by atoms with Gasteiger partial charge in [-0.1, -0.05) is 5.73 Å². The first kappa shape index (κ1) is 15.3. The Labute approximate surface area is 113 Å². The summed E-state index contributed by atoms with van der Waals surface area (Å²) >= 11 is 0. The lowest BCUT2D eigenvalue weighted by molar-refractivity contribution is -0.137. The largest absolute Gasteiger partial charge is 0.462 e. The highest BCUT2D eigenvalue weighted by atomic mass is 16.6. The van der Waals surface area contributed by atoms with Crippen LogP contribution in [0.15, 0.2) is 17.5 Å². The number of likely N-dealkylation sites (tertiary alicyclic amines) is 1. The van der Waals surface area contributed by atoms with Crippen LogP contribution in [0.1, 0.15) is 40.5 Å². The van der Waals surface area contributed by atoms with E-state index in [-0.39, 0.29) is 0 Å². The van der Waals surface area contributed by atoms with Crippen molar-refractivity contribution >= 4 is 12.1 Å². The van der Waals surface area contributed by atoms with Gasteiger partial charge in [-0.05, 0) is 40.5 Å². The molecule has 5 nitrogen and oxygen atoms in total. The average Bonchev–Trinajstić information content (AvgIpc) is 2.72. The molecule has 5 heteroatoms. The van der Waals surface area contributed by atoms with Gasteiger partial charge in [-0.2, -0.15) is 0 Å². The average molecular weight is 267 g/mol. The smallest absolute Gasteiger partial charge is 0.415 e. The molecule has 1 aliphatic rings. The van der Waals surface area contributed by atoms with Gasteiger partial charge in [-0.25, -0.2) is 9.59 Å². The van der Waals surface area contributed by atoms with Gasteiger partial charge in [0.2, 0.25) is 0 Å². The fourth-order valence-electron chi connectivity index (χ4n) is 1.67. The van der Waals surface area contributed by atoms with E-state index in [1.54, 1.807) is 6.92 Å². The van der Waals surface area contributed by atoms with Crippen molar-refractivity contribution < 1.29 is 19.1 Å². The van der Waals surface area contributed by atoms with Crippen molar-refractivity contribution in [3.63, 3.8) is 0 Å². The third kappa shape index (κ3) is 5.18. The van der Waals surface area contributed by atoms with Crippen molar-refractivity contribution in [3.05, 3.63) is 17.5 Å². The summed E-state index contributed by atoms with van der Waals surface area (Å²) in [5.74, 6) is -0.453. The number of nitrogens with zero attached hydrogens (tertiary/aromatic N) is 1. The number of amides is 1. The number of carbonyl (C=O) groups is 2. The van der Waals surface area contributed by atoms with E-state index in [2.05, 4.69) is 5.73 Å². The number of rotatable bonds is 2. The van der Waals surface area contributed by atoms with E-state index in [9.17, 15) is 9.59 Å². The van der Waals surface area contributed by atoms with Crippen molar-refractivity contribution in [2.24, 2.45) is 0 Å². The van der Waals surface area contributed by atoms with Gasteiger partial charge in [-0.3, -0.25) is 4.90 Å². The van der Waals surface area contributed by atoms with Gasteiger partial charge >= 0.3 is 12.1 Å². The summed E-state index contributed by atoms with van der Waals surface area (Å²) in [6, 6.07) is 0. The Balaban J connectivity index is 2.76. The minimum atomic E-state index is -0.532. The number of ether oxygens (including phenoxy) is 2. The maximum atomic E-state index is 12.0. The first-order chi connectivity index (χ1) is 8.83. The van der Waals surface area contributed by atoms with E-state index >= 15 is 0 Å². The topological polar surface area (TPSA) is 55.8 Å². The van der Waals surface area contributed by atoms with E-state index in [1.807, 2.05) is 20.8 Å². The van der Waals surface area contributed by atoms with Gasteiger partial charge < -0.3 is 9.47 Å². The molecule has 19 heavy (non-hydrogen) atoms. The summed E-state index contributed by atoms with van der Waals surface area (Å²) in [5, 5.41) is 0. The molecular formula is C14H21NO4. The number of hydrogen-bond acceptors (Lipinski definition) is 4. The van der Waals surface area contributed by atoms with Crippen molar-refractivity contribution in [1.82, 2.24) is 4.90 Å². The van der Waals surface area contributed by atoms with Crippen LogP contribution >= 0.6 is 0 Å². The second kappa shape index (κ2) is 6.43. The van der Waals surface area contributed by atoms with Crippen LogP contribution in [-0.2, 0) is 14.3 Å². The molecule has 0 radical (unpaired) electrons. The molecule has 0 unspecified atom stereocenters. The third-order valence-electron chi connectivity index (χ3n) is 2.38. The minimum Gasteiger partial charge on any atom is -0.462 e. The van der Waals surface area contributed by atoms with E-state index in [0.29, 0.717) is 25.3 Å². The van der Waals surface area contributed by atoms with Crippen molar-refractivity contribution in [2.45, 2.75) is 46.1 Å². The lowest BCUT2D eigenvalue weighted by Crippen LogP contribution is -2.33. The van der Waals surface area contributed by atoms with Gasteiger partial charge in [0.15, 0.2) is 0 Å². The van der Waals surface area contributed by atoms with Crippen LogP contribution in [0.4, 0.5) is 4.79 Å². The number of hydrogen-bond donors (Lipinski definition) is 0. The molecule has 1 saturated heterocycles. The first-order valence-electron chi connectivity index (χ1n) is 6.46. The van der Waals surface area contributed by atoms with E-state index in [0.717, 1.165) is 6.42 Å². The van der Waals surface area contributed by atoms with Crippen LogP contribution in [0, 0.1) is 0 Å². The van der Waals surface area contributed by atoms with Gasteiger partial charge in [-0.15, -0.1) is 0 Å². The summed E-state index contributed by atoms with van der Waals surface area (Å²) in [6.45, 7) is 8.11. The second-order valence-corrected chi connectivity index (χ2v) is 5.22. The monoisotopic (exact) mass is 267 g/mol. The van der Waals surface area contributed by atoms with Crippen molar-refractivity contribution in [1.29, 1.82) is 0 Å². The van der Waals surface area contributed by atoms with Crippen LogP contribution < -0.4 is 0 Å². The lowest BCUT2D eigenvalue weighted by Gasteiger charge is -2.24. The maximum Gasteiger partial charge on any atom is 0.415 e. The lowest BCUT2D eigenvalue weighted by atomic mass is 10.2. The predicted molar refractivity (Wildman–Crippen MR) is 70.4 cm³/mol. The molecule has 0 aromatic carbocycles. The summed E-state index contributed by atoms with van der Waals surface area (Å²) < 4.78 is 10.1. The van der Waals surface area contributed by atoms with Crippen LogP contribution in [0.2, 0.25) is 0 Å². The zero-order valence-electron chi connectivity index (χ0n) is 12.0. The molecule has 0 bridgehead atoms. The molecule has 1 aliphatic heterocycles. The SMILES string of the molecule is CCOC(=O)C=C=C1CCCN1C(=O)OC(C)(C)C. The molecule has 1 rings (SSSR count). The summed E-state index contributed by atoms with van der Waals surface area (Å²) in [4.78, 5) is 24.7. The Morgan fingerprint density at radius 3 is 2.68 bits per heavy atom. The highest BCUT2D eigenvalue weighted by Gasteiger charge is 2.27. The zero-order chi connectivity index (χ0) is 14.5. The third-order valence-corrected chi connectivity index (χ3v) is 2.38. The Morgan fingerprint density at radius 1 is 1.42 bits per heavy atom. The van der Waals surface area contributed by atoms with Crippen LogP contribution in [0.3, 0.4) is 0 Å². The molecule has 0 aliphatic carbocycles. The van der Waals surface area contributed by atoms with Crippen molar-refractivity contribution in [2.75, 3.05) is 13.2 Å². The van der Waals surface area contributed by atoms with Gasteiger partial charge in [0.25, 0.3) is 0 Å².